The highest BCUT2D eigenvalue weighted by Crippen LogP contribution is 2.30. The van der Waals surface area contributed by atoms with Crippen molar-refractivity contribution in [2.75, 3.05) is 20.8 Å². The summed E-state index contributed by atoms with van der Waals surface area (Å²) in [5.41, 5.74) is 3.01. The van der Waals surface area contributed by atoms with Crippen LogP contribution in [-0.2, 0) is 20.8 Å². The van der Waals surface area contributed by atoms with Gasteiger partial charge in [-0.15, -0.1) is 0 Å². The molecule has 6 nitrogen and oxygen atoms in total. The van der Waals surface area contributed by atoms with Crippen LogP contribution in [0.5, 0.6) is 5.75 Å². The van der Waals surface area contributed by atoms with Gasteiger partial charge in [-0.25, -0.2) is 4.79 Å². The SMILES string of the molecule is COCCCCC1N(Cl)C=C(C)N1Cc1ccc(OC(C(=O)OC)c2ccccc2)cc1. The molecule has 0 aliphatic carbocycles. The van der Waals surface area contributed by atoms with E-state index in [1.165, 1.54) is 7.11 Å². The number of carbonyl (C=O) groups excluding carboxylic acids is 1. The normalized spacial score (nSPS) is 16.6. The fraction of sp³-hybridized carbons (Fsp3) is 0.400. The van der Waals surface area contributed by atoms with Gasteiger partial charge in [-0.2, -0.15) is 0 Å². The smallest absolute Gasteiger partial charge is 0.351 e. The second kappa shape index (κ2) is 11.8. The van der Waals surface area contributed by atoms with Gasteiger partial charge < -0.3 is 19.1 Å². The summed E-state index contributed by atoms with van der Waals surface area (Å²) in [4.78, 5) is 14.6. The monoisotopic (exact) mass is 458 g/mol. The highest BCUT2D eigenvalue weighted by molar-refractivity contribution is 6.14. The van der Waals surface area contributed by atoms with Crippen molar-refractivity contribution in [3.63, 3.8) is 0 Å². The molecule has 7 heteroatoms. The first-order valence-corrected chi connectivity index (χ1v) is 11.1. The van der Waals surface area contributed by atoms with Crippen molar-refractivity contribution in [1.82, 2.24) is 9.32 Å². The number of ether oxygens (including phenoxy) is 3. The van der Waals surface area contributed by atoms with Crippen LogP contribution >= 0.6 is 11.8 Å². The maximum absolute atomic E-state index is 12.3. The van der Waals surface area contributed by atoms with E-state index in [0.717, 1.165) is 49.2 Å². The Balaban J connectivity index is 1.65. The van der Waals surface area contributed by atoms with Gasteiger partial charge in [0.05, 0.1) is 7.11 Å². The lowest BCUT2D eigenvalue weighted by atomic mass is 10.1. The van der Waals surface area contributed by atoms with Crippen LogP contribution in [0.4, 0.5) is 0 Å². The number of benzene rings is 2. The number of halogens is 1. The van der Waals surface area contributed by atoms with Gasteiger partial charge in [0.2, 0.25) is 6.10 Å². The molecule has 0 saturated heterocycles. The molecule has 2 aromatic rings. The van der Waals surface area contributed by atoms with Crippen LogP contribution in [-0.4, -0.2) is 42.3 Å². The summed E-state index contributed by atoms with van der Waals surface area (Å²) in [6.07, 6.45) is 4.30. The summed E-state index contributed by atoms with van der Waals surface area (Å²) < 4.78 is 17.8. The van der Waals surface area contributed by atoms with Crippen LogP contribution in [0.25, 0.3) is 0 Å². The number of rotatable bonds is 11. The van der Waals surface area contributed by atoms with Crippen LogP contribution in [0.1, 0.15) is 43.4 Å². The fourth-order valence-electron chi connectivity index (χ4n) is 3.78. The average Bonchev–Trinajstić information content (AvgIpc) is 3.08. The van der Waals surface area contributed by atoms with Gasteiger partial charge in [-0.3, -0.25) is 4.42 Å². The summed E-state index contributed by atoms with van der Waals surface area (Å²) in [5, 5.41) is 0. The summed E-state index contributed by atoms with van der Waals surface area (Å²) in [6.45, 7) is 3.57. The van der Waals surface area contributed by atoms with Crippen LogP contribution in [0.2, 0.25) is 0 Å². The van der Waals surface area contributed by atoms with E-state index in [1.54, 1.807) is 11.5 Å². The number of allylic oxidation sites excluding steroid dienone is 1. The van der Waals surface area contributed by atoms with E-state index in [9.17, 15) is 4.79 Å². The number of esters is 1. The first-order valence-electron chi connectivity index (χ1n) is 10.8. The zero-order valence-corrected chi connectivity index (χ0v) is 19.6. The van der Waals surface area contributed by atoms with E-state index in [-0.39, 0.29) is 6.17 Å². The Kier molecular flexibility index (Phi) is 8.82. The highest BCUT2D eigenvalue weighted by Gasteiger charge is 2.29. The Bertz CT molecular complexity index is 889. The maximum atomic E-state index is 12.3. The fourth-order valence-corrected chi connectivity index (χ4v) is 4.13. The number of hydrogen-bond acceptors (Lipinski definition) is 6. The van der Waals surface area contributed by atoms with Gasteiger partial charge in [-0.05, 0) is 43.9 Å². The molecule has 0 aromatic heterocycles. The van der Waals surface area contributed by atoms with Gasteiger partial charge >= 0.3 is 5.97 Å². The first-order chi connectivity index (χ1) is 15.5. The summed E-state index contributed by atoms with van der Waals surface area (Å²) in [5.74, 6) is 0.174. The van der Waals surface area contributed by atoms with E-state index in [0.29, 0.717) is 5.75 Å². The Hall–Kier alpha value is -2.70. The van der Waals surface area contributed by atoms with Gasteiger partial charge in [0.15, 0.2) is 0 Å². The molecule has 0 bridgehead atoms. The number of nitrogens with zero attached hydrogens (tertiary/aromatic N) is 2. The topological polar surface area (TPSA) is 51.2 Å². The van der Waals surface area contributed by atoms with Crippen molar-refractivity contribution < 1.29 is 19.0 Å². The lowest BCUT2D eigenvalue weighted by Gasteiger charge is -2.31. The van der Waals surface area contributed by atoms with E-state index < -0.39 is 12.1 Å². The Morgan fingerprint density at radius 2 is 1.78 bits per heavy atom. The molecule has 0 fully saturated rings. The predicted octanol–water partition coefficient (Wildman–Crippen LogP) is 5.26. The van der Waals surface area contributed by atoms with Gasteiger partial charge in [0.25, 0.3) is 0 Å². The van der Waals surface area contributed by atoms with Crippen molar-refractivity contribution >= 4 is 17.7 Å². The molecule has 0 saturated carbocycles. The third kappa shape index (κ3) is 6.17. The zero-order chi connectivity index (χ0) is 22.9. The minimum Gasteiger partial charge on any atom is -0.474 e. The third-order valence-electron chi connectivity index (χ3n) is 5.52. The molecule has 0 amide bonds. The van der Waals surface area contributed by atoms with Gasteiger partial charge in [0, 0.05) is 49.5 Å². The zero-order valence-electron chi connectivity index (χ0n) is 18.9. The first kappa shape index (κ1) is 24.0. The Morgan fingerprint density at radius 1 is 1.06 bits per heavy atom. The number of carbonyl (C=O) groups is 1. The lowest BCUT2D eigenvalue weighted by Crippen LogP contribution is -2.35. The molecule has 2 atom stereocenters. The highest BCUT2D eigenvalue weighted by atomic mass is 35.5. The molecule has 0 radical (unpaired) electrons. The average molecular weight is 459 g/mol. The van der Waals surface area contributed by atoms with E-state index >= 15 is 0 Å². The quantitative estimate of drug-likeness (QED) is 0.260. The molecular weight excluding hydrogens is 428 g/mol. The lowest BCUT2D eigenvalue weighted by molar-refractivity contribution is -0.149. The molecular formula is C25H31ClN2O4. The van der Waals surface area contributed by atoms with Crippen molar-refractivity contribution in [3.8, 4) is 5.75 Å². The van der Waals surface area contributed by atoms with E-state index in [1.807, 2.05) is 60.8 Å². The van der Waals surface area contributed by atoms with Gasteiger partial charge in [-0.1, -0.05) is 42.5 Å². The summed E-state index contributed by atoms with van der Waals surface area (Å²) >= 11 is 6.45. The molecule has 1 aliphatic rings. The third-order valence-corrected chi connectivity index (χ3v) is 5.84. The van der Waals surface area contributed by atoms with E-state index in [2.05, 4.69) is 11.8 Å². The molecule has 2 unspecified atom stereocenters. The van der Waals surface area contributed by atoms with Crippen LogP contribution in [0, 0.1) is 0 Å². The molecule has 1 aliphatic heterocycles. The Labute approximate surface area is 195 Å². The van der Waals surface area contributed by atoms with Crippen LogP contribution < -0.4 is 4.74 Å². The second-order valence-electron chi connectivity index (χ2n) is 7.79. The Morgan fingerprint density at radius 3 is 2.44 bits per heavy atom. The minimum atomic E-state index is -0.808. The minimum absolute atomic E-state index is 0.117. The van der Waals surface area contributed by atoms with E-state index in [4.69, 9.17) is 26.0 Å². The van der Waals surface area contributed by atoms with Crippen molar-refractivity contribution in [2.45, 2.75) is 45.0 Å². The van der Waals surface area contributed by atoms with Crippen molar-refractivity contribution in [3.05, 3.63) is 77.6 Å². The number of methoxy groups -OCH3 is 2. The standard InChI is InChI=1S/C25H31ClN2O4/c1-19-17-28(26)23(11-7-8-16-30-2)27(19)18-20-12-14-22(15-13-20)32-24(25(29)31-3)21-9-5-4-6-10-21/h4-6,9-10,12-15,17,23-24H,7-8,11,16,18H2,1-3H3. The molecule has 2 aromatic carbocycles. The molecule has 0 N–H and O–H groups in total. The summed E-state index contributed by atoms with van der Waals surface area (Å²) in [7, 11) is 3.09. The second-order valence-corrected chi connectivity index (χ2v) is 8.18. The molecule has 3 rings (SSSR count). The molecule has 0 spiro atoms. The molecule has 1 heterocycles. The largest absolute Gasteiger partial charge is 0.474 e. The predicted molar refractivity (Wildman–Crippen MR) is 125 cm³/mol. The van der Waals surface area contributed by atoms with Crippen LogP contribution in [0.3, 0.4) is 0 Å². The van der Waals surface area contributed by atoms with Crippen LogP contribution in [0.15, 0.2) is 66.5 Å². The van der Waals surface area contributed by atoms with Crippen molar-refractivity contribution in [2.24, 2.45) is 0 Å². The maximum Gasteiger partial charge on any atom is 0.351 e. The number of hydrogen-bond donors (Lipinski definition) is 0. The van der Waals surface area contributed by atoms with Crippen molar-refractivity contribution in [1.29, 1.82) is 0 Å². The van der Waals surface area contributed by atoms with Gasteiger partial charge in [0.1, 0.15) is 11.9 Å². The molecule has 172 valence electrons. The number of unbranched alkanes of at least 4 members (excludes halogenated alkanes) is 1. The molecule has 32 heavy (non-hydrogen) atoms. The summed E-state index contributed by atoms with van der Waals surface area (Å²) in [6, 6.07) is 17.1.